The number of carbonyl (C=O) groups excluding carboxylic acids is 2. The van der Waals surface area contributed by atoms with E-state index in [1.807, 2.05) is 18.5 Å². The van der Waals surface area contributed by atoms with E-state index in [9.17, 15) is 14.0 Å². The number of hydrogen-bond acceptors (Lipinski definition) is 5. The average Bonchev–Trinajstić information content (AvgIpc) is 3.09. The van der Waals surface area contributed by atoms with Gasteiger partial charge in [-0.2, -0.15) is 5.10 Å². The van der Waals surface area contributed by atoms with Gasteiger partial charge in [-0.15, -0.1) is 0 Å². The Bertz CT molecular complexity index is 970. The van der Waals surface area contributed by atoms with Gasteiger partial charge in [0.15, 0.2) is 0 Å². The first-order valence-corrected chi connectivity index (χ1v) is 10.7. The standard InChI is InChI=1S/C21H27ClFN5O4/c1-4-31-12-16(32-26(3)13-29)10-28-14(2)17-11-27(8-7-20(17)25-28)21(30)24-15-5-6-19(23)18(22)9-15/h5-6,9,13,16H,4,7-8,10-12H2,1-3H3,(H,24,30). The van der Waals surface area contributed by atoms with Crippen LogP contribution in [0.1, 0.15) is 23.9 Å². The van der Waals surface area contributed by atoms with Crippen molar-refractivity contribution in [1.82, 2.24) is 19.7 Å². The Hall–Kier alpha value is -2.69. The van der Waals surface area contributed by atoms with Crippen LogP contribution in [0.4, 0.5) is 14.9 Å². The van der Waals surface area contributed by atoms with E-state index in [0.717, 1.165) is 22.0 Å². The first kappa shape index (κ1) is 24.0. The first-order valence-electron chi connectivity index (χ1n) is 10.3. The Kier molecular flexibility index (Phi) is 8.05. The van der Waals surface area contributed by atoms with Gasteiger partial charge < -0.3 is 15.0 Å². The zero-order valence-electron chi connectivity index (χ0n) is 18.3. The van der Waals surface area contributed by atoms with Crippen LogP contribution in [-0.4, -0.2) is 65.1 Å². The van der Waals surface area contributed by atoms with Crippen molar-refractivity contribution in [2.75, 3.05) is 32.1 Å². The Labute approximate surface area is 191 Å². The summed E-state index contributed by atoms with van der Waals surface area (Å²) in [4.78, 5) is 30.9. The highest BCUT2D eigenvalue weighted by molar-refractivity contribution is 6.31. The molecule has 2 heterocycles. The van der Waals surface area contributed by atoms with Crippen LogP contribution >= 0.6 is 11.6 Å². The molecule has 3 amide bonds. The summed E-state index contributed by atoms with van der Waals surface area (Å²) >= 11 is 5.80. The first-order chi connectivity index (χ1) is 15.3. The van der Waals surface area contributed by atoms with Crippen molar-refractivity contribution in [3.63, 3.8) is 0 Å². The van der Waals surface area contributed by atoms with Crippen LogP contribution in [0.5, 0.6) is 0 Å². The zero-order valence-corrected chi connectivity index (χ0v) is 19.1. The molecule has 3 rings (SSSR count). The number of aromatic nitrogens is 2. The van der Waals surface area contributed by atoms with Gasteiger partial charge in [0.2, 0.25) is 6.41 Å². The lowest BCUT2D eigenvalue weighted by atomic mass is 10.1. The SMILES string of the molecule is CCOCC(Cn1nc2c(c1C)CN(C(=O)Nc1ccc(F)c(Cl)c1)CC2)ON(C)C=O. The lowest BCUT2D eigenvalue weighted by molar-refractivity contribution is -0.195. The number of ether oxygens (including phenoxy) is 1. The van der Waals surface area contributed by atoms with Crippen LogP contribution in [-0.2, 0) is 33.9 Å². The smallest absolute Gasteiger partial charge is 0.322 e. The molecule has 0 bridgehead atoms. The molecule has 0 radical (unpaired) electrons. The van der Waals surface area contributed by atoms with Gasteiger partial charge in [-0.25, -0.2) is 14.2 Å². The monoisotopic (exact) mass is 467 g/mol. The molecule has 0 saturated heterocycles. The van der Waals surface area contributed by atoms with Crippen LogP contribution < -0.4 is 5.32 Å². The maximum Gasteiger partial charge on any atom is 0.322 e. The highest BCUT2D eigenvalue weighted by atomic mass is 35.5. The van der Waals surface area contributed by atoms with Gasteiger partial charge in [-0.05, 0) is 32.0 Å². The summed E-state index contributed by atoms with van der Waals surface area (Å²) in [7, 11) is 1.53. The Morgan fingerprint density at radius 3 is 2.94 bits per heavy atom. The van der Waals surface area contributed by atoms with Crippen LogP contribution in [0, 0.1) is 12.7 Å². The Morgan fingerprint density at radius 1 is 1.47 bits per heavy atom. The molecule has 1 N–H and O–H groups in total. The summed E-state index contributed by atoms with van der Waals surface area (Å²) in [5.74, 6) is -0.540. The van der Waals surface area contributed by atoms with Crippen molar-refractivity contribution < 1.29 is 23.6 Å². The summed E-state index contributed by atoms with van der Waals surface area (Å²) < 4.78 is 20.7. The molecule has 0 aliphatic carbocycles. The number of rotatable bonds is 9. The van der Waals surface area contributed by atoms with Crippen LogP contribution in [0.15, 0.2) is 18.2 Å². The third-order valence-corrected chi connectivity index (χ3v) is 5.48. The average molecular weight is 468 g/mol. The van der Waals surface area contributed by atoms with Crippen molar-refractivity contribution in [2.24, 2.45) is 0 Å². The minimum absolute atomic E-state index is 0.0510. The fourth-order valence-corrected chi connectivity index (χ4v) is 3.69. The van der Waals surface area contributed by atoms with Gasteiger partial charge in [-0.3, -0.25) is 14.3 Å². The normalized spacial score (nSPS) is 14.1. The number of fused-ring (bicyclic) bond motifs is 1. The minimum Gasteiger partial charge on any atom is -0.379 e. The molecule has 11 heteroatoms. The molecule has 2 aromatic rings. The van der Waals surface area contributed by atoms with E-state index in [0.29, 0.717) is 51.4 Å². The number of anilines is 1. The van der Waals surface area contributed by atoms with Gasteiger partial charge in [0.25, 0.3) is 0 Å². The number of nitrogens with one attached hydrogen (secondary N) is 1. The number of carbonyl (C=O) groups is 2. The molecule has 0 saturated carbocycles. The number of nitrogens with zero attached hydrogens (tertiary/aromatic N) is 4. The molecule has 1 aliphatic rings. The van der Waals surface area contributed by atoms with Crippen molar-refractivity contribution in [1.29, 1.82) is 0 Å². The molecule has 1 aromatic heterocycles. The lowest BCUT2D eigenvalue weighted by Gasteiger charge is -2.27. The van der Waals surface area contributed by atoms with Crippen LogP contribution in [0.3, 0.4) is 0 Å². The lowest BCUT2D eigenvalue weighted by Crippen LogP contribution is -2.38. The molecule has 1 unspecified atom stereocenters. The van der Waals surface area contributed by atoms with E-state index in [1.54, 1.807) is 4.90 Å². The van der Waals surface area contributed by atoms with Crippen molar-refractivity contribution in [3.05, 3.63) is 46.0 Å². The predicted molar refractivity (Wildman–Crippen MR) is 117 cm³/mol. The largest absolute Gasteiger partial charge is 0.379 e. The van der Waals surface area contributed by atoms with Crippen molar-refractivity contribution in [3.8, 4) is 0 Å². The maximum atomic E-state index is 13.4. The number of hydroxylamine groups is 2. The van der Waals surface area contributed by atoms with Gasteiger partial charge in [0.05, 0.1) is 30.4 Å². The number of amides is 3. The zero-order chi connectivity index (χ0) is 23.3. The second-order valence-corrected chi connectivity index (χ2v) is 7.87. The minimum atomic E-state index is -0.540. The van der Waals surface area contributed by atoms with Crippen LogP contribution in [0.25, 0.3) is 0 Å². The second-order valence-electron chi connectivity index (χ2n) is 7.46. The maximum absolute atomic E-state index is 13.4. The molecule has 0 fully saturated rings. The fraction of sp³-hybridized carbons (Fsp3) is 0.476. The predicted octanol–water partition coefficient (Wildman–Crippen LogP) is 3.00. The highest BCUT2D eigenvalue weighted by Gasteiger charge is 2.27. The molecular formula is C21H27ClFN5O4. The van der Waals surface area contributed by atoms with E-state index in [4.69, 9.17) is 21.2 Å². The summed E-state index contributed by atoms with van der Waals surface area (Å²) in [6.45, 7) is 5.96. The van der Waals surface area contributed by atoms with Gasteiger partial charge in [0.1, 0.15) is 11.9 Å². The van der Waals surface area contributed by atoms with E-state index in [-0.39, 0.29) is 11.1 Å². The highest BCUT2D eigenvalue weighted by Crippen LogP contribution is 2.24. The molecule has 1 aliphatic heterocycles. The van der Waals surface area contributed by atoms with Crippen molar-refractivity contribution >= 4 is 29.7 Å². The Balaban J connectivity index is 1.69. The Morgan fingerprint density at radius 2 is 2.25 bits per heavy atom. The van der Waals surface area contributed by atoms with Crippen LogP contribution in [0.2, 0.25) is 5.02 Å². The summed E-state index contributed by atoms with van der Waals surface area (Å²) in [6, 6.07) is 3.76. The fourth-order valence-electron chi connectivity index (χ4n) is 3.51. The van der Waals surface area contributed by atoms with E-state index in [2.05, 4.69) is 10.4 Å². The molecule has 0 spiro atoms. The topological polar surface area (TPSA) is 88.9 Å². The number of benzene rings is 1. The third kappa shape index (κ3) is 5.76. The number of hydrogen-bond donors (Lipinski definition) is 1. The number of halogens is 2. The summed E-state index contributed by atoms with van der Waals surface area (Å²) in [5.41, 5.74) is 3.24. The number of urea groups is 1. The molecule has 1 atom stereocenters. The third-order valence-electron chi connectivity index (χ3n) is 5.19. The van der Waals surface area contributed by atoms with E-state index < -0.39 is 11.9 Å². The summed E-state index contributed by atoms with van der Waals surface area (Å²) in [5, 5.41) is 8.50. The van der Waals surface area contributed by atoms with E-state index >= 15 is 0 Å². The molecule has 1 aromatic carbocycles. The van der Waals surface area contributed by atoms with E-state index in [1.165, 1.54) is 25.2 Å². The molecule has 32 heavy (non-hydrogen) atoms. The van der Waals surface area contributed by atoms with Gasteiger partial charge >= 0.3 is 6.03 Å². The van der Waals surface area contributed by atoms with Gasteiger partial charge in [-0.1, -0.05) is 11.6 Å². The molecular weight excluding hydrogens is 441 g/mol. The molecule has 174 valence electrons. The second kappa shape index (κ2) is 10.8. The summed E-state index contributed by atoms with van der Waals surface area (Å²) in [6.07, 6.45) is 0.796. The van der Waals surface area contributed by atoms with Crippen molar-refractivity contribution in [2.45, 2.75) is 39.5 Å². The molecule has 9 nitrogen and oxygen atoms in total. The van der Waals surface area contributed by atoms with Gasteiger partial charge in [0, 0.05) is 43.6 Å². The quantitative estimate of drug-likeness (QED) is 0.452.